The van der Waals surface area contributed by atoms with Crippen molar-refractivity contribution in [1.82, 2.24) is 4.57 Å². The fraction of sp³-hybridized carbons (Fsp3) is 0.556. The molecule has 2 aromatic rings. The van der Waals surface area contributed by atoms with Gasteiger partial charge in [-0.1, -0.05) is 0 Å². The molecule has 2 atom stereocenters. The van der Waals surface area contributed by atoms with Crippen LogP contribution in [0.25, 0.3) is 10.9 Å². The zero-order valence-corrected chi connectivity index (χ0v) is 13.6. The van der Waals surface area contributed by atoms with Crippen LogP contribution in [0.2, 0.25) is 0 Å². The van der Waals surface area contributed by atoms with E-state index in [4.69, 9.17) is 4.74 Å². The Morgan fingerprint density at radius 2 is 1.95 bits per heavy atom. The van der Waals surface area contributed by atoms with Crippen LogP contribution >= 0.6 is 0 Å². The van der Waals surface area contributed by atoms with Crippen LogP contribution < -0.4 is 4.90 Å². The zero-order chi connectivity index (χ0) is 14.9. The van der Waals surface area contributed by atoms with Gasteiger partial charge in [0.05, 0.1) is 17.7 Å². The summed E-state index contributed by atoms with van der Waals surface area (Å²) in [6.07, 6.45) is 5.15. The van der Waals surface area contributed by atoms with Crippen LogP contribution in [-0.4, -0.2) is 17.2 Å². The number of rotatable bonds is 1. The number of aryl methyl sites for hydroxylation is 1. The van der Waals surface area contributed by atoms with Crippen LogP contribution in [0.4, 0.5) is 5.69 Å². The van der Waals surface area contributed by atoms with Gasteiger partial charge in [0, 0.05) is 42.5 Å². The minimum absolute atomic E-state index is 0.107. The predicted molar refractivity (Wildman–Crippen MR) is 86.9 cm³/mol. The highest BCUT2D eigenvalue weighted by atomic mass is 16.5. The SMILES string of the molecule is CN(c1cc2c(c3c1ccn3C)C1CCC2O1)C(C)(C)C. The molecule has 0 amide bonds. The summed E-state index contributed by atoms with van der Waals surface area (Å²) in [4.78, 5) is 2.39. The van der Waals surface area contributed by atoms with E-state index in [2.05, 4.69) is 62.7 Å². The van der Waals surface area contributed by atoms with Gasteiger partial charge in [0.15, 0.2) is 0 Å². The molecular weight excluding hydrogens is 260 g/mol. The zero-order valence-electron chi connectivity index (χ0n) is 13.6. The summed E-state index contributed by atoms with van der Waals surface area (Å²) in [5, 5.41) is 1.35. The van der Waals surface area contributed by atoms with Crippen LogP contribution in [0.3, 0.4) is 0 Å². The first-order chi connectivity index (χ1) is 9.88. The molecule has 2 bridgehead atoms. The second kappa shape index (κ2) is 4.04. The lowest BCUT2D eigenvalue weighted by atomic mass is 9.88. The first kappa shape index (κ1) is 13.2. The molecule has 0 spiro atoms. The summed E-state index contributed by atoms with van der Waals surface area (Å²) < 4.78 is 8.43. The molecule has 2 unspecified atom stereocenters. The number of hydrogen-bond donors (Lipinski definition) is 0. The average molecular weight is 284 g/mol. The molecule has 2 aliphatic rings. The summed E-state index contributed by atoms with van der Waals surface area (Å²) in [5.41, 5.74) is 5.67. The molecule has 1 fully saturated rings. The Bertz CT molecular complexity index is 723. The lowest BCUT2D eigenvalue weighted by Crippen LogP contribution is -2.38. The Balaban J connectivity index is 2.02. The van der Waals surface area contributed by atoms with Gasteiger partial charge in [0.1, 0.15) is 0 Å². The quantitative estimate of drug-likeness (QED) is 0.776. The maximum absolute atomic E-state index is 6.16. The maximum Gasteiger partial charge on any atom is 0.0858 e. The number of fused-ring (bicyclic) bond motifs is 7. The van der Waals surface area contributed by atoms with Gasteiger partial charge in [0.25, 0.3) is 0 Å². The van der Waals surface area contributed by atoms with E-state index >= 15 is 0 Å². The standard InChI is InChI=1S/C18H24N2O/c1-18(2,3)20(5)13-10-12-14-6-7-15(21-14)16(12)17-11(13)8-9-19(17)4/h8-10,14-15H,6-7H2,1-5H3. The molecule has 0 N–H and O–H groups in total. The van der Waals surface area contributed by atoms with Crippen molar-refractivity contribution in [2.45, 2.75) is 51.4 Å². The Morgan fingerprint density at radius 3 is 2.67 bits per heavy atom. The third-order valence-electron chi connectivity index (χ3n) is 5.26. The molecule has 0 radical (unpaired) electrons. The number of benzene rings is 1. The highest BCUT2D eigenvalue weighted by molar-refractivity contribution is 5.97. The molecule has 1 saturated heterocycles. The fourth-order valence-corrected chi connectivity index (χ4v) is 3.83. The van der Waals surface area contributed by atoms with Crippen LogP contribution in [-0.2, 0) is 11.8 Å². The average Bonchev–Trinajstić information content (AvgIpc) is 3.10. The van der Waals surface area contributed by atoms with E-state index in [1.165, 1.54) is 40.6 Å². The Kier molecular flexibility index (Phi) is 2.54. The molecule has 2 aliphatic heterocycles. The van der Waals surface area contributed by atoms with Crippen molar-refractivity contribution >= 4 is 16.6 Å². The summed E-state index contributed by atoms with van der Waals surface area (Å²) in [7, 11) is 4.34. The Hall–Kier alpha value is -1.48. The van der Waals surface area contributed by atoms with E-state index in [1.807, 2.05) is 0 Å². The minimum atomic E-state index is 0.107. The molecular formula is C18H24N2O. The molecule has 3 nitrogen and oxygen atoms in total. The predicted octanol–water partition coefficient (Wildman–Crippen LogP) is 4.32. The number of aromatic nitrogens is 1. The lowest BCUT2D eigenvalue weighted by molar-refractivity contribution is 0.0720. The monoisotopic (exact) mass is 284 g/mol. The van der Waals surface area contributed by atoms with E-state index in [-0.39, 0.29) is 5.54 Å². The fourth-order valence-electron chi connectivity index (χ4n) is 3.83. The van der Waals surface area contributed by atoms with Crippen molar-refractivity contribution in [2.24, 2.45) is 7.05 Å². The summed E-state index contributed by atoms with van der Waals surface area (Å²) in [6, 6.07) is 4.63. The molecule has 3 heterocycles. The lowest BCUT2D eigenvalue weighted by Gasteiger charge is -2.35. The highest BCUT2D eigenvalue weighted by Crippen LogP contribution is 2.54. The van der Waals surface area contributed by atoms with Gasteiger partial charge in [-0.15, -0.1) is 0 Å². The third-order valence-corrected chi connectivity index (χ3v) is 5.26. The number of nitrogens with zero attached hydrogens (tertiary/aromatic N) is 2. The number of ether oxygens (including phenoxy) is 1. The molecule has 112 valence electrons. The molecule has 0 saturated carbocycles. The van der Waals surface area contributed by atoms with Gasteiger partial charge in [-0.25, -0.2) is 0 Å². The van der Waals surface area contributed by atoms with Crippen LogP contribution in [0, 0.1) is 0 Å². The summed E-state index contributed by atoms with van der Waals surface area (Å²) in [6.45, 7) is 6.78. The van der Waals surface area contributed by atoms with Gasteiger partial charge >= 0.3 is 0 Å². The second-order valence-electron chi connectivity index (χ2n) is 7.51. The largest absolute Gasteiger partial charge is 0.369 e. The van der Waals surface area contributed by atoms with Crippen molar-refractivity contribution in [1.29, 1.82) is 0 Å². The van der Waals surface area contributed by atoms with E-state index in [1.54, 1.807) is 0 Å². The van der Waals surface area contributed by atoms with Gasteiger partial charge < -0.3 is 14.2 Å². The third kappa shape index (κ3) is 1.70. The first-order valence-corrected chi connectivity index (χ1v) is 7.89. The van der Waals surface area contributed by atoms with Crippen molar-refractivity contribution < 1.29 is 4.74 Å². The van der Waals surface area contributed by atoms with E-state index in [9.17, 15) is 0 Å². The molecule has 1 aromatic heterocycles. The smallest absolute Gasteiger partial charge is 0.0858 e. The molecule has 3 heteroatoms. The molecule has 1 aromatic carbocycles. The number of hydrogen-bond acceptors (Lipinski definition) is 2. The van der Waals surface area contributed by atoms with E-state index < -0.39 is 0 Å². The maximum atomic E-state index is 6.16. The van der Waals surface area contributed by atoms with E-state index in [0.717, 1.165) is 0 Å². The highest BCUT2D eigenvalue weighted by Gasteiger charge is 2.41. The van der Waals surface area contributed by atoms with Crippen molar-refractivity contribution in [3.8, 4) is 0 Å². The second-order valence-corrected chi connectivity index (χ2v) is 7.51. The van der Waals surface area contributed by atoms with Gasteiger partial charge in [-0.3, -0.25) is 0 Å². The van der Waals surface area contributed by atoms with Crippen molar-refractivity contribution in [3.05, 3.63) is 29.5 Å². The van der Waals surface area contributed by atoms with Crippen LogP contribution in [0.1, 0.15) is 56.9 Å². The Morgan fingerprint density at radius 1 is 1.24 bits per heavy atom. The summed E-state index contributed by atoms with van der Waals surface area (Å²) >= 11 is 0. The molecule has 4 rings (SSSR count). The van der Waals surface area contributed by atoms with Crippen LogP contribution in [0.15, 0.2) is 18.3 Å². The molecule has 0 aliphatic carbocycles. The van der Waals surface area contributed by atoms with Gasteiger partial charge in [0.2, 0.25) is 0 Å². The van der Waals surface area contributed by atoms with E-state index in [0.29, 0.717) is 12.2 Å². The number of anilines is 1. The van der Waals surface area contributed by atoms with Gasteiger partial charge in [-0.05, 0) is 51.3 Å². The topological polar surface area (TPSA) is 17.4 Å². The summed E-state index contributed by atoms with van der Waals surface area (Å²) in [5.74, 6) is 0. The Labute approximate surface area is 126 Å². The van der Waals surface area contributed by atoms with Gasteiger partial charge in [-0.2, -0.15) is 0 Å². The first-order valence-electron chi connectivity index (χ1n) is 7.89. The normalized spacial score (nSPS) is 23.9. The molecule has 21 heavy (non-hydrogen) atoms. The minimum Gasteiger partial charge on any atom is -0.369 e. The van der Waals surface area contributed by atoms with Crippen molar-refractivity contribution in [3.63, 3.8) is 0 Å². The van der Waals surface area contributed by atoms with Crippen LogP contribution in [0.5, 0.6) is 0 Å². The van der Waals surface area contributed by atoms with Crippen molar-refractivity contribution in [2.75, 3.05) is 11.9 Å².